The number of rotatable bonds is 5. The normalized spacial score (nSPS) is 26.8. The number of fused-ring (bicyclic) bond motifs is 2. The van der Waals surface area contributed by atoms with Crippen LogP contribution in [0.3, 0.4) is 0 Å². The highest BCUT2D eigenvalue weighted by atomic mass is 35.5. The highest BCUT2D eigenvalue weighted by Gasteiger charge is 2.62. The molecule has 3 aliphatic carbocycles. The number of alkyl halides is 2. The fraction of sp³-hybridized carbons (Fsp3) is 0.667. The van der Waals surface area contributed by atoms with Gasteiger partial charge in [0.1, 0.15) is 0 Å². The molecule has 1 unspecified atom stereocenters. The Bertz CT molecular complexity index is 904. The molecule has 0 radical (unpaired) electrons. The summed E-state index contributed by atoms with van der Waals surface area (Å²) < 4.78 is 42.7. The smallest absolute Gasteiger partial charge is 0.244 e. The Hall–Kier alpha value is -1.67. The summed E-state index contributed by atoms with van der Waals surface area (Å²) in [5.74, 6) is -2.00. The van der Waals surface area contributed by atoms with Gasteiger partial charge in [0.15, 0.2) is 11.6 Å². The van der Waals surface area contributed by atoms with E-state index in [4.69, 9.17) is 23.2 Å². The number of hydrogen-bond donors (Lipinski definition) is 3. The molecule has 3 N–H and O–H groups in total. The van der Waals surface area contributed by atoms with Crippen molar-refractivity contribution in [3.63, 3.8) is 0 Å². The fourth-order valence-electron chi connectivity index (χ4n) is 5.83. The molecule has 1 aromatic rings. The Balaban J connectivity index is 0.000000588. The molecular weight excluding hydrogens is 492 g/mol. The molecule has 0 spiro atoms. The monoisotopic (exact) mass is 522 g/mol. The largest absolute Gasteiger partial charge is 0.505 e. The molecule has 0 aromatic heterocycles. The topological polar surface area (TPSA) is 78.4 Å². The van der Waals surface area contributed by atoms with E-state index in [1.807, 2.05) is 0 Å². The van der Waals surface area contributed by atoms with Crippen molar-refractivity contribution in [2.45, 2.75) is 77.2 Å². The molecule has 0 saturated heterocycles. The summed E-state index contributed by atoms with van der Waals surface area (Å²) in [6.45, 7) is 1.47. The van der Waals surface area contributed by atoms with E-state index < -0.39 is 34.9 Å². The zero-order chi connectivity index (χ0) is 25.3. The van der Waals surface area contributed by atoms with E-state index in [0.29, 0.717) is 25.7 Å². The van der Waals surface area contributed by atoms with Gasteiger partial charge in [-0.3, -0.25) is 9.59 Å². The first-order valence-electron chi connectivity index (χ1n) is 11.6. The zero-order valence-corrected chi connectivity index (χ0v) is 20.8. The minimum absolute atomic E-state index is 0.00463. The van der Waals surface area contributed by atoms with Crippen molar-refractivity contribution >= 4 is 35.0 Å². The van der Waals surface area contributed by atoms with Crippen LogP contribution in [-0.2, 0) is 9.59 Å². The summed E-state index contributed by atoms with van der Waals surface area (Å²) in [4.78, 5) is 22.6. The molecule has 3 saturated carbocycles. The highest BCUT2D eigenvalue weighted by molar-refractivity contribution is 6.42. The molecule has 1 atom stereocenters. The number of carbonyl (C=O) groups is 2. The van der Waals surface area contributed by atoms with Gasteiger partial charge in [-0.2, -0.15) is 0 Å². The molecule has 10 heteroatoms. The third-order valence-corrected chi connectivity index (χ3v) is 8.65. The molecule has 5 nitrogen and oxygen atoms in total. The van der Waals surface area contributed by atoms with Gasteiger partial charge in [0.2, 0.25) is 18.2 Å². The van der Waals surface area contributed by atoms with Crippen LogP contribution >= 0.6 is 23.2 Å². The van der Waals surface area contributed by atoms with Gasteiger partial charge >= 0.3 is 0 Å². The Kier molecular flexibility index (Phi) is 8.33. The third-order valence-electron chi connectivity index (χ3n) is 7.85. The molecule has 0 heterocycles. The molecular formula is C24H31Cl2F3N2O3. The van der Waals surface area contributed by atoms with Crippen molar-refractivity contribution in [2.24, 2.45) is 16.7 Å². The van der Waals surface area contributed by atoms with Crippen LogP contribution in [0.4, 0.5) is 13.2 Å². The second-order valence-corrected chi connectivity index (χ2v) is 10.6. The SMILES string of the molecule is CNC(C)=O.O=C(NC(c1c(F)c(O)cc(Cl)c1Cl)C12CCC(C(F)F)(CC1)C2)C1CCCC1. The minimum Gasteiger partial charge on any atom is -0.505 e. The standard InChI is InChI=1S/C21H24Cl2F3NO2.C3H7NO/c22-12-9-13(28)16(24)14(15(12)23)17(27-18(29)11-3-1-2-4-11)20-5-7-21(10-20,8-6-20)19(25)26;1-3(5)4-2/h9,11,17,19,28H,1-8,10H2,(H,27,29);1-2H3,(H,4,5). The number of carbonyl (C=O) groups excluding carboxylic acids is 2. The van der Waals surface area contributed by atoms with Gasteiger partial charge in [-0.05, 0) is 50.4 Å². The Morgan fingerprint density at radius 1 is 1.12 bits per heavy atom. The maximum atomic E-state index is 15.1. The van der Waals surface area contributed by atoms with Crippen LogP contribution in [0.1, 0.15) is 76.3 Å². The van der Waals surface area contributed by atoms with E-state index in [1.54, 1.807) is 7.05 Å². The van der Waals surface area contributed by atoms with E-state index in [1.165, 1.54) is 6.92 Å². The van der Waals surface area contributed by atoms with Crippen molar-refractivity contribution in [1.82, 2.24) is 10.6 Å². The molecule has 190 valence electrons. The maximum Gasteiger partial charge on any atom is 0.244 e. The second kappa shape index (κ2) is 10.5. The van der Waals surface area contributed by atoms with Crippen molar-refractivity contribution in [3.8, 4) is 5.75 Å². The average molecular weight is 523 g/mol. The van der Waals surface area contributed by atoms with Crippen LogP contribution in [-0.4, -0.2) is 30.4 Å². The Morgan fingerprint density at radius 2 is 1.65 bits per heavy atom. The highest BCUT2D eigenvalue weighted by Crippen LogP contribution is 2.68. The maximum absolute atomic E-state index is 15.1. The molecule has 4 rings (SSSR count). The van der Waals surface area contributed by atoms with Crippen LogP contribution in [0.5, 0.6) is 5.75 Å². The van der Waals surface area contributed by atoms with Crippen molar-refractivity contribution in [2.75, 3.05) is 7.05 Å². The average Bonchev–Trinajstić information content (AvgIpc) is 3.54. The summed E-state index contributed by atoms with van der Waals surface area (Å²) >= 11 is 12.4. The van der Waals surface area contributed by atoms with E-state index in [0.717, 1.165) is 31.7 Å². The summed E-state index contributed by atoms with van der Waals surface area (Å²) in [6, 6.07) is 0.110. The van der Waals surface area contributed by atoms with Crippen LogP contribution in [0.25, 0.3) is 0 Å². The number of phenolic OH excluding ortho intramolecular Hbond substituents is 1. The zero-order valence-electron chi connectivity index (χ0n) is 19.3. The van der Waals surface area contributed by atoms with Crippen LogP contribution in [0.15, 0.2) is 6.07 Å². The Labute approximate surface area is 207 Å². The van der Waals surface area contributed by atoms with Crippen LogP contribution < -0.4 is 10.6 Å². The summed E-state index contributed by atoms with van der Waals surface area (Å²) in [5, 5.41) is 15.2. The first kappa shape index (κ1) is 26.9. The van der Waals surface area contributed by atoms with Gasteiger partial charge in [-0.25, -0.2) is 13.2 Å². The second-order valence-electron chi connectivity index (χ2n) is 9.85. The number of benzene rings is 1. The summed E-state index contributed by atoms with van der Waals surface area (Å²) in [7, 11) is 1.60. The first-order chi connectivity index (χ1) is 16.0. The predicted octanol–water partition coefficient (Wildman–Crippen LogP) is 6.15. The lowest BCUT2D eigenvalue weighted by Crippen LogP contribution is -2.42. The van der Waals surface area contributed by atoms with Gasteiger partial charge in [-0.1, -0.05) is 36.0 Å². The van der Waals surface area contributed by atoms with E-state index >= 15 is 4.39 Å². The first-order valence-corrected chi connectivity index (χ1v) is 12.3. The number of phenols is 1. The lowest BCUT2D eigenvalue weighted by molar-refractivity contribution is -0.126. The molecule has 0 aliphatic heterocycles. The lowest BCUT2D eigenvalue weighted by Gasteiger charge is -2.38. The fourth-order valence-corrected chi connectivity index (χ4v) is 6.28. The molecule has 3 aliphatic rings. The number of amides is 2. The van der Waals surface area contributed by atoms with E-state index in [-0.39, 0.29) is 39.8 Å². The van der Waals surface area contributed by atoms with Crippen molar-refractivity contribution in [3.05, 3.63) is 27.5 Å². The number of aromatic hydroxyl groups is 1. The molecule has 2 amide bonds. The van der Waals surface area contributed by atoms with E-state index in [2.05, 4.69) is 10.6 Å². The van der Waals surface area contributed by atoms with Gasteiger partial charge in [-0.15, -0.1) is 0 Å². The molecule has 2 bridgehead atoms. The Morgan fingerprint density at radius 3 is 2.12 bits per heavy atom. The minimum atomic E-state index is -2.47. The quantitative estimate of drug-likeness (QED) is 0.405. The van der Waals surface area contributed by atoms with Crippen LogP contribution in [0, 0.1) is 22.6 Å². The van der Waals surface area contributed by atoms with Gasteiger partial charge in [0, 0.05) is 36.9 Å². The number of halogens is 5. The van der Waals surface area contributed by atoms with Crippen molar-refractivity contribution < 1.29 is 27.9 Å². The lowest BCUT2D eigenvalue weighted by atomic mass is 9.74. The van der Waals surface area contributed by atoms with Crippen LogP contribution in [0.2, 0.25) is 10.0 Å². The van der Waals surface area contributed by atoms with E-state index in [9.17, 15) is 23.5 Å². The molecule has 34 heavy (non-hydrogen) atoms. The molecule has 1 aromatic carbocycles. The number of nitrogens with one attached hydrogen (secondary N) is 2. The number of hydrogen-bond acceptors (Lipinski definition) is 3. The van der Waals surface area contributed by atoms with Gasteiger partial charge in [0.25, 0.3) is 0 Å². The van der Waals surface area contributed by atoms with Crippen molar-refractivity contribution in [1.29, 1.82) is 0 Å². The summed E-state index contributed by atoms with van der Waals surface area (Å²) in [6.07, 6.45) is 2.67. The van der Waals surface area contributed by atoms with Gasteiger partial charge in [0.05, 0.1) is 16.1 Å². The molecule has 3 fully saturated rings. The third kappa shape index (κ3) is 5.13. The summed E-state index contributed by atoms with van der Waals surface area (Å²) in [5.41, 5.74) is -1.92. The van der Waals surface area contributed by atoms with Gasteiger partial charge < -0.3 is 15.7 Å². The predicted molar refractivity (Wildman–Crippen MR) is 125 cm³/mol.